The van der Waals surface area contributed by atoms with E-state index in [4.69, 9.17) is 15.2 Å². The van der Waals surface area contributed by atoms with Gasteiger partial charge >= 0.3 is 0 Å². The summed E-state index contributed by atoms with van der Waals surface area (Å²) in [4.78, 5) is 0. The van der Waals surface area contributed by atoms with Crippen molar-refractivity contribution >= 4 is 0 Å². The molecule has 3 nitrogen and oxygen atoms in total. The van der Waals surface area contributed by atoms with Crippen LogP contribution in [0.1, 0.15) is 37.7 Å². The zero-order chi connectivity index (χ0) is 13.1. The molecule has 2 N–H and O–H groups in total. The van der Waals surface area contributed by atoms with Gasteiger partial charge in [-0.3, -0.25) is 0 Å². The predicted molar refractivity (Wildman–Crippen MR) is 75.5 cm³/mol. The molecule has 1 aromatic rings. The molecule has 0 aromatic heterocycles. The number of hydrogen-bond donors (Lipinski definition) is 1. The molecular formula is C16H23NO2. The summed E-state index contributed by atoms with van der Waals surface area (Å²) in [5.74, 6) is 1.02. The maximum absolute atomic E-state index is 6.14. The first kappa shape index (κ1) is 12.9. The van der Waals surface area contributed by atoms with Gasteiger partial charge in [0.1, 0.15) is 5.75 Å². The SMILES string of the molecule is NCC1(CCC2CCCO2)CCOc2ccccc21. The van der Waals surface area contributed by atoms with Crippen LogP contribution in [0.25, 0.3) is 0 Å². The smallest absolute Gasteiger partial charge is 0.123 e. The molecule has 0 amide bonds. The third-order valence-electron chi connectivity index (χ3n) is 4.66. The molecule has 19 heavy (non-hydrogen) atoms. The molecule has 3 heteroatoms. The third kappa shape index (κ3) is 2.49. The zero-order valence-corrected chi connectivity index (χ0v) is 11.4. The molecule has 0 radical (unpaired) electrons. The number of hydrogen-bond acceptors (Lipinski definition) is 3. The van der Waals surface area contributed by atoms with Crippen LogP contribution in [0.2, 0.25) is 0 Å². The second-order valence-corrected chi connectivity index (χ2v) is 5.75. The van der Waals surface area contributed by atoms with E-state index in [9.17, 15) is 0 Å². The second-order valence-electron chi connectivity index (χ2n) is 5.75. The molecule has 2 aliphatic rings. The van der Waals surface area contributed by atoms with Crippen LogP contribution in [-0.2, 0) is 10.2 Å². The van der Waals surface area contributed by atoms with Crippen LogP contribution in [0.15, 0.2) is 24.3 Å². The number of para-hydroxylation sites is 1. The largest absolute Gasteiger partial charge is 0.493 e. The Morgan fingerprint density at radius 1 is 1.26 bits per heavy atom. The Morgan fingerprint density at radius 3 is 2.95 bits per heavy atom. The van der Waals surface area contributed by atoms with Crippen LogP contribution in [-0.4, -0.2) is 25.9 Å². The Bertz CT molecular complexity index is 429. The van der Waals surface area contributed by atoms with Crippen molar-refractivity contribution in [2.75, 3.05) is 19.8 Å². The van der Waals surface area contributed by atoms with E-state index >= 15 is 0 Å². The van der Waals surface area contributed by atoms with Gasteiger partial charge in [-0.05, 0) is 38.2 Å². The van der Waals surface area contributed by atoms with Crippen LogP contribution < -0.4 is 10.5 Å². The Hall–Kier alpha value is -1.06. The summed E-state index contributed by atoms with van der Waals surface area (Å²) in [6.45, 7) is 2.40. The van der Waals surface area contributed by atoms with Gasteiger partial charge in [0.25, 0.3) is 0 Å². The van der Waals surface area contributed by atoms with E-state index in [1.807, 2.05) is 6.07 Å². The van der Waals surface area contributed by atoms with Crippen LogP contribution in [0.3, 0.4) is 0 Å². The average molecular weight is 261 g/mol. The van der Waals surface area contributed by atoms with Crippen molar-refractivity contribution in [2.24, 2.45) is 5.73 Å². The van der Waals surface area contributed by atoms with E-state index in [1.165, 1.54) is 18.4 Å². The fourth-order valence-electron chi connectivity index (χ4n) is 3.40. The Morgan fingerprint density at radius 2 is 2.16 bits per heavy atom. The molecule has 0 spiro atoms. The average Bonchev–Trinajstić information content (AvgIpc) is 2.98. The van der Waals surface area contributed by atoms with Crippen molar-refractivity contribution in [3.63, 3.8) is 0 Å². The number of nitrogens with two attached hydrogens (primary N) is 1. The van der Waals surface area contributed by atoms with Crippen LogP contribution >= 0.6 is 0 Å². The molecule has 0 aliphatic carbocycles. The summed E-state index contributed by atoms with van der Waals surface area (Å²) in [7, 11) is 0. The number of fused-ring (bicyclic) bond motifs is 1. The summed E-state index contributed by atoms with van der Waals surface area (Å²) in [6.07, 6.45) is 6.10. The fraction of sp³-hybridized carbons (Fsp3) is 0.625. The molecular weight excluding hydrogens is 238 g/mol. The summed E-state index contributed by atoms with van der Waals surface area (Å²) in [5, 5.41) is 0. The molecule has 2 heterocycles. The van der Waals surface area contributed by atoms with E-state index in [0.717, 1.165) is 38.2 Å². The van der Waals surface area contributed by atoms with Gasteiger partial charge < -0.3 is 15.2 Å². The van der Waals surface area contributed by atoms with Crippen LogP contribution in [0, 0.1) is 0 Å². The van der Waals surface area contributed by atoms with Gasteiger partial charge in [-0.1, -0.05) is 18.2 Å². The number of benzene rings is 1. The Balaban J connectivity index is 1.78. The monoisotopic (exact) mass is 261 g/mol. The molecule has 3 rings (SSSR count). The second kappa shape index (κ2) is 5.51. The van der Waals surface area contributed by atoms with Gasteiger partial charge in [0.15, 0.2) is 0 Å². The molecule has 0 bridgehead atoms. The van der Waals surface area contributed by atoms with E-state index in [0.29, 0.717) is 12.6 Å². The summed E-state index contributed by atoms with van der Waals surface area (Å²) >= 11 is 0. The summed E-state index contributed by atoms with van der Waals surface area (Å²) < 4.78 is 11.5. The highest BCUT2D eigenvalue weighted by atomic mass is 16.5. The van der Waals surface area contributed by atoms with Crippen molar-refractivity contribution < 1.29 is 9.47 Å². The summed E-state index contributed by atoms with van der Waals surface area (Å²) in [6, 6.07) is 8.36. The van der Waals surface area contributed by atoms with Crippen LogP contribution in [0.4, 0.5) is 0 Å². The molecule has 2 atom stereocenters. The van der Waals surface area contributed by atoms with Crippen molar-refractivity contribution in [3.05, 3.63) is 29.8 Å². The van der Waals surface area contributed by atoms with Gasteiger partial charge in [0, 0.05) is 24.1 Å². The first-order valence-corrected chi connectivity index (χ1v) is 7.38. The lowest BCUT2D eigenvalue weighted by atomic mass is 9.72. The minimum absolute atomic E-state index is 0.0841. The molecule has 1 saturated heterocycles. The maximum Gasteiger partial charge on any atom is 0.123 e. The minimum atomic E-state index is 0.0841. The lowest BCUT2D eigenvalue weighted by molar-refractivity contribution is 0.0911. The van der Waals surface area contributed by atoms with Gasteiger partial charge in [0.2, 0.25) is 0 Å². The van der Waals surface area contributed by atoms with Gasteiger partial charge in [-0.2, -0.15) is 0 Å². The minimum Gasteiger partial charge on any atom is -0.493 e. The molecule has 1 aromatic carbocycles. The zero-order valence-electron chi connectivity index (χ0n) is 11.4. The van der Waals surface area contributed by atoms with E-state index in [2.05, 4.69) is 18.2 Å². The number of ether oxygens (including phenoxy) is 2. The lowest BCUT2D eigenvalue weighted by Gasteiger charge is -2.38. The highest BCUT2D eigenvalue weighted by Gasteiger charge is 2.37. The van der Waals surface area contributed by atoms with Crippen LogP contribution in [0.5, 0.6) is 5.75 Å². The van der Waals surface area contributed by atoms with Gasteiger partial charge in [-0.15, -0.1) is 0 Å². The first-order valence-electron chi connectivity index (χ1n) is 7.38. The van der Waals surface area contributed by atoms with Crippen molar-refractivity contribution in [1.82, 2.24) is 0 Å². The van der Waals surface area contributed by atoms with Crippen molar-refractivity contribution in [3.8, 4) is 5.75 Å². The molecule has 0 saturated carbocycles. The maximum atomic E-state index is 6.14. The Kier molecular flexibility index (Phi) is 3.76. The van der Waals surface area contributed by atoms with E-state index in [1.54, 1.807) is 0 Å². The Labute approximate surface area is 115 Å². The standard InChI is InChI=1S/C16H23NO2/c17-12-16(8-7-13-4-3-10-18-13)9-11-19-15-6-2-1-5-14(15)16/h1-2,5-6,13H,3-4,7-12,17H2. The van der Waals surface area contributed by atoms with Gasteiger partial charge in [-0.25, -0.2) is 0 Å². The lowest BCUT2D eigenvalue weighted by Crippen LogP contribution is -2.40. The van der Waals surface area contributed by atoms with Gasteiger partial charge in [0.05, 0.1) is 12.7 Å². The fourth-order valence-corrected chi connectivity index (χ4v) is 3.40. The predicted octanol–water partition coefficient (Wildman–Crippen LogP) is 2.62. The quantitative estimate of drug-likeness (QED) is 0.906. The molecule has 2 unspecified atom stereocenters. The first-order chi connectivity index (χ1) is 9.34. The highest BCUT2D eigenvalue weighted by Crippen LogP contribution is 2.42. The van der Waals surface area contributed by atoms with Crippen molar-refractivity contribution in [2.45, 2.75) is 43.6 Å². The van der Waals surface area contributed by atoms with E-state index in [-0.39, 0.29) is 5.41 Å². The topological polar surface area (TPSA) is 44.5 Å². The third-order valence-corrected chi connectivity index (χ3v) is 4.66. The number of rotatable bonds is 4. The molecule has 1 fully saturated rings. The summed E-state index contributed by atoms with van der Waals surface area (Å²) in [5.41, 5.74) is 7.52. The van der Waals surface area contributed by atoms with Crippen molar-refractivity contribution in [1.29, 1.82) is 0 Å². The molecule has 104 valence electrons. The van der Waals surface area contributed by atoms with E-state index < -0.39 is 0 Å². The normalized spacial score (nSPS) is 29.8. The highest BCUT2D eigenvalue weighted by molar-refractivity contribution is 5.41. The molecule has 2 aliphatic heterocycles.